The van der Waals surface area contributed by atoms with Crippen molar-refractivity contribution >= 4 is 11.8 Å². The topological polar surface area (TPSA) is 152 Å². The quantitative estimate of drug-likeness (QED) is 0.497. The van der Waals surface area contributed by atoms with Crippen LogP contribution in [-0.4, -0.2) is 32.7 Å². The molecule has 0 radical (unpaired) electrons. The summed E-state index contributed by atoms with van der Waals surface area (Å²) in [7, 11) is 0. The lowest BCUT2D eigenvalue weighted by atomic mass is 10.0. The number of nitro groups is 3. The highest BCUT2D eigenvalue weighted by molar-refractivity contribution is 8.03. The summed E-state index contributed by atoms with van der Waals surface area (Å²) in [5.74, 6) is 0.258. The van der Waals surface area contributed by atoms with E-state index < -0.39 is 43.2 Å². The molecule has 0 fully saturated rings. The Hall–Kier alpha value is -2.01. The van der Waals surface area contributed by atoms with Gasteiger partial charge >= 0.3 is 0 Å². The highest BCUT2D eigenvalue weighted by atomic mass is 32.2. The second kappa shape index (κ2) is 5.75. The molecule has 0 saturated heterocycles. The molecule has 104 valence electrons. The van der Waals surface area contributed by atoms with Crippen LogP contribution in [0.2, 0.25) is 0 Å². The lowest BCUT2D eigenvalue weighted by molar-refractivity contribution is -0.590. The summed E-state index contributed by atoms with van der Waals surface area (Å²) in [6, 6.07) is -2.01. The predicted molar refractivity (Wildman–Crippen MR) is 61.8 cm³/mol. The van der Waals surface area contributed by atoms with E-state index in [4.69, 9.17) is 0 Å². The van der Waals surface area contributed by atoms with E-state index in [0.29, 0.717) is 6.08 Å². The van der Waals surface area contributed by atoms with Gasteiger partial charge in [0.05, 0.1) is 15.9 Å². The van der Waals surface area contributed by atoms with Crippen molar-refractivity contribution in [1.29, 1.82) is 0 Å². The van der Waals surface area contributed by atoms with Crippen molar-refractivity contribution in [2.45, 2.75) is 19.1 Å². The number of rotatable bonds is 5. The van der Waals surface area contributed by atoms with E-state index in [9.17, 15) is 35.4 Å². The van der Waals surface area contributed by atoms with Crippen molar-refractivity contribution in [3.05, 3.63) is 52.7 Å². The average molecular weight is 290 g/mol. The Morgan fingerprint density at radius 2 is 1.79 bits per heavy atom. The van der Waals surface area contributed by atoms with Crippen molar-refractivity contribution in [1.82, 2.24) is 0 Å². The molecular formula is C8H8N3O7S-. The Labute approximate surface area is 110 Å². The first-order chi connectivity index (χ1) is 8.81. The van der Waals surface area contributed by atoms with Gasteiger partial charge in [0, 0.05) is 11.0 Å². The maximum Gasteiger partial charge on any atom is 0.292 e. The Balaban J connectivity index is 3.46. The zero-order valence-corrected chi connectivity index (χ0v) is 10.4. The van der Waals surface area contributed by atoms with E-state index in [2.05, 4.69) is 0 Å². The van der Waals surface area contributed by atoms with Crippen LogP contribution >= 0.6 is 11.8 Å². The molecular weight excluding hydrogens is 282 g/mol. The van der Waals surface area contributed by atoms with E-state index in [0.717, 1.165) is 11.8 Å². The molecule has 2 unspecified atom stereocenters. The maximum atomic E-state index is 11.7. The van der Waals surface area contributed by atoms with Crippen LogP contribution in [0.3, 0.4) is 0 Å². The summed E-state index contributed by atoms with van der Waals surface area (Å²) in [4.78, 5) is 28.8. The average Bonchev–Trinajstić information content (AvgIpc) is 2.27. The SMILES string of the molecule is CCSC1=C([N+](=O)[O-])C([O-])C([N+](=O)[O-])C=C1[N+](=O)[O-]. The maximum absolute atomic E-state index is 11.7. The van der Waals surface area contributed by atoms with Crippen LogP contribution in [-0.2, 0) is 0 Å². The van der Waals surface area contributed by atoms with E-state index in [-0.39, 0.29) is 5.75 Å². The molecule has 0 aromatic heterocycles. The second-order valence-electron chi connectivity index (χ2n) is 3.41. The Kier molecular flexibility index (Phi) is 4.56. The molecule has 0 aromatic carbocycles. The van der Waals surface area contributed by atoms with E-state index in [1.165, 1.54) is 0 Å². The van der Waals surface area contributed by atoms with E-state index in [1.54, 1.807) is 6.92 Å². The molecule has 0 spiro atoms. The van der Waals surface area contributed by atoms with Gasteiger partial charge in [0.15, 0.2) is 4.91 Å². The molecule has 2 atom stereocenters. The third-order valence-corrected chi connectivity index (χ3v) is 3.29. The van der Waals surface area contributed by atoms with Crippen LogP contribution in [0.4, 0.5) is 0 Å². The van der Waals surface area contributed by atoms with Gasteiger partial charge in [-0.3, -0.25) is 30.3 Å². The Morgan fingerprint density at radius 1 is 1.21 bits per heavy atom. The molecule has 0 bridgehead atoms. The van der Waals surface area contributed by atoms with Gasteiger partial charge in [0.25, 0.3) is 11.4 Å². The molecule has 0 amide bonds. The van der Waals surface area contributed by atoms with Crippen molar-refractivity contribution in [3.63, 3.8) is 0 Å². The zero-order chi connectivity index (χ0) is 14.7. The molecule has 11 heteroatoms. The van der Waals surface area contributed by atoms with Gasteiger partial charge in [0.1, 0.15) is 0 Å². The first-order valence-electron chi connectivity index (χ1n) is 4.98. The summed E-state index contributed by atoms with van der Waals surface area (Å²) in [6.07, 6.45) is -1.69. The lowest BCUT2D eigenvalue weighted by Crippen LogP contribution is -2.48. The van der Waals surface area contributed by atoms with Gasteiger partial charge in [-0.2, -0.15) is 0 Å². The molecule has 0 saturated carbocycles. The monoisotopic (exact) mass is 290 g/mol. The first kappa shape index (κ1) is 15.0. The Morgan fingerprint density at radius 3 is 2.16 bits per heavy atom. The van der Waals surface area contributed by atoms with Crippen LogP contribution in [0.25, 0.3) is 0 Å². The number of thioether (sulfide) groups is 1. The van der Waals surface area contributed by atoms with Gasteiger partial charge in [-0.1, -0.05) is 6.92 Å². The highest BCUT2D eigenvalue weighted by Gasteiger charge is 2.43. The zero-order valence-electron chi connectivity index (χ0n) is 9.55. The van der Waals surface area contributed by atoms with Crippen LogP contribution in [0.5, 0.6) is 0 Å². The van der Waals surface area contributed by atoms with Crippen LogP contribution in [0.1, 0.15) is 6.92 Å². The van der Waals surface area contributed by atoms with Gasteiger partial charge < -0.3 is 5.11 Å². The van der Waals surface area contributed by atoms with E-state index >= 15 is 0 Å². The molecule has 1 rings (SSSR count). The standard InChI is InChI=1S/C8H8N3O7S/c1-2-19-8-5(10(15)16)3-4(9(13)14)7(12)6(8)11(17)18/h3-4,7H,2H2,1H3/q-1. The number of hydrogen-bond donors (Lipinski definition) is 0. The molecule has 1 aliphatic carbocycles. The normalized spacial score (nSPS) is 22.9. The fraction of sp³-hybridized carbons (Fsp3) is 0.500. The van der Waals surface area contributed by atoms with E-state index in [1.807, 2.05) is 0 Å². The fourth-order valence-electron chi connectivity index (χ4n) is 1.54. The van der Waals surface area contributed by atoms with Gasteiger partial charge in [0.2, 0.25) is 6.04 Å². The van der Waals surface area contributed by atoms with Crippen molar-refractivity contribution < 1.29 is 19.9 Å². The summed E-state index contributed by atoms with van der Waals surface area (Å²) < 4.78 is 0. The molecule has 10 nitrogen and oxygen atoms in total. The predicted octanol–water partition coefficient (Wildman–Crippen LogP) is -0.224. The second-order valence-corrected chi connectivity index (χ2v) is 4.68. The van der Waals surface area contributed by atoms with Crippen molar-refractivity contribution in [2.75, 3.05) is 5.75 Å². The molecule has 0 aromatic rings. The molecule has 0 aliphatic heterocycles. The largest absolute Gasteiger partial charge is 0.839 e. The smallest absolute Gasteiger partial charge is 0.292 e. The summed E-state index contributed by atoms with van der Waals surface area (Å²) >= 11 is 0.748. The van der Waals surface area contributed by atoms with Gasteiger partial charge in [-0.05, 0) is 5.75 Å². The minimum absolute atomic E-state index is 0.258. The summed E-state index contributed by atoms with van der Waals surface area (Å²) in [6.45, 7) is 1.59. The van der Waals surface area contributed by atoms with Crippen LogP contribution in [0, 0.1) is 30.3 Å². The van der Waals surface area contributed by atoms with Gasteiger partial charge in [-0.15, -0.1) is 11.8 Å². The molecule has 0 heterocycles. The highest BCUT2D eigenvalue weighted by Crippen LogP contribution is 2.34. The Bertz CT molecular complexity index is 501. The number of nitrogens with zero attached hydrogens (tertiary/aromatic N) is 3. The summed E-state index contributed by atoms with van der Waals surface area (Å²) in [5, 5.41) is 44.0. The number of hydrogen-bond acceptors (Lipinski definition) is 8. The minimum Gasteiger partial charge on any atom is -0.839 e. The third kappa shape index (κ3) is 2.88. The lowest BCUT2D eigenvalue weighted by Gasteiger charge is -2.25. The van der Waals surface area contributed by atoms with Gasteiger partial charge in [-0.25, -0.2) is 0 Å². The molecule has 0 N–H and O–H groups in total. The summed E-state index contributed by atoms with van der Waals surface area (Å²) in [5.41, 5.74) is -1.77. The van der Waals surface area contributed by atoms with Crippen molar-refractivity contribution in [3.8, 4) is 0 Å². The van der Waals surface area contributed by atoms with Crippen LogP contribution in [0.15, 0.2) is 22.4 Å². The minimum atomic E-state index is -2.26. The van der Waals surface area contributed by atoms with Crippen LogP contribution < -0.4 is 5.11 Å². The molecule has 19 heavy (non-hydrogen) atoms. The van der Waals surface area contributed by atoms with Crippen molar-refractivity contribution in [2.24, 2.45) is 0 Å². The fourth-order valence-corrected chi connectivity index (χ4v) is 2.46. The third-order valence-electron chi connectivity index (χ3n) is 2.30. The first-order valence-corrected chi connectivity index (χ1v) is 5.97. The molecule has 1 aliphatic rings.